The second-order valence-electron chi connectivity index (χ2n) is 6.66. The van der Waals surface area contributed by atoms with Crippen LogP contribution in [0.5, 0.6) is 0 Å². The zero-order valence-electron chi connectivity index (χ0n) is 17.6. The van der Waals surface area contributed by atoms with Crippen LogP contribution in [0.3, 0.4) is 0 Å². The molecule has 0 aromatic heterocycles. The number of benzene rings is 3. The lowest BCUT2D eigenvalue weighted by atomic mass is 10.4. The number of hydrogen-bond donors (Lipinski definition) is 0. The van der Waals surface area contributed by atoms with Gasteiger partial charge in [-0.3, -0.25) is 0 Å². The van der Waals surface area contributed by atoms with E-state index in [1.54, 1.807) is 91.0 Å². The van der Waals surface area contributed by atoms with E-state index < -0.39 is 38.3 Å². The van der Waals surface area contributed by atoms with Crippen molar-refractivity contribution in [3.8, 4) is 0 Å². The van der Waals surface area contributed by atoms with Crippen molar-refractivity contribution in [3.63, 3.8) is 0 Å². The van der Waals surface area contributed by atoms with Gasteiger partial charge < -0.3 is 9.47 Å². The van der Waals surface area contributed by atoms with Crippen LogP contribution in [0, 0.1) is 0 Å². The highest BCUT2D eigenvalue weighted by Crippen LogP contribution is 2.70. The summed E-state index contributed by atoms with van der Waals surface area (Å²) in [5.74, 6) is -2.23. The van der Waals surface area contributed by atoms with Crippen LogP contribution in [-0.2, 0) is 28.0 Å². The highest BCUT2D eigenvalue weighted by atomic mass is 32.3. The molecule has 33 heavy (non-hydrogen) atoms. The van der Waals surface area contributed by atoms with Gasteiger partial charge in [0, 0.05) is 21.8 Å². The Morgan fingerprint density at radius 2 is 1.15 bits per heavy atom. The summed E-state index contributed by atoms with van der Waals surface area (Å²) in [6.07, 6.45) is 0. The fourth-order valence-corrected chi connectivity index (χ4v) is 8.00. The summed E-state index contributed by atoms with van der Waals surface area (Å²) >= 11 is 0. The molecule has 0 aliphatic rings. The molecule has 0 amide bonds. The summed E-state index contributed by atoms with van der Waals surface area (Å²) in [7, 11) is -7.76. The first-order chi connectivity index (χ1) is 15.8. The first-order valence-electron chi connectivity index (χ1n) is 9.74. The molecule has 3 rings (SSSR count). The van der Waals surface area contributed by atoms with Gasteiger partial charge in [-0.25, -0.2) is 8.42 Å². The number of ether oxygens (including phenoxy) is 2. The predicted octanol–water partition coefficient (Wildman–Crippen LogP) is 5.01. The van der Waals surface area contributed by atoms with E-state index in [1.165, 1.54) is 7.11 Å². The molecule has 176 valence electrons. The van der Waals surface area contributed by atoms with Gasteiger partial charge in [0.1, 0.15) is 6.61 Å². The highest BCUT2D eigenvalue weighted by molar-refractivity contribution is 8.33. The molecule has 0 atom stereocenters. The molecule has 3 aromatic rings. The molecule has 0 saturated heterocycles. The van der Waals surface area contributed by atoms with Gasteiger partial charge in [-0.05, 0) is 46.7 Å². The van der Waals surface area contributed by atoms with E-state index in [1.807, 2.05) is 0 Å². The largest absolute Gasteiger partial charge is 0.466 e. The van der Waals surface area contributed by atoms with Crippen molar-refractivity contribution in [3.05, 3.63) is 91.0 Å². The van der Waals surface area contributed by atoms with Crippen LogP contribution >= 0.6 is 10.3 Å². The summed E-state index contributed by atoms with van der Waals surface area (Å²) < 4.78 is 70.2. The van der Waals surface area contributed by atoms with Gasteiger partial charge in [0.05, 0.1) is 6.61 Å². The number of carbonyl (C=O) groups excluding carboxylic acids is 1. The summed E-state index contributed by atoms with van der Waals surface area (Å²) in [6.45, 7) is -0.704. The average molecular weight is 497 g/mol. The number of rotatable bonds is 10. The lowest BCUT2D eigenvalue weighted by Crippen LogP contribution is -2.41. The molecular weight excluding hydrogens is 474 g/mol. The van der Waals surface area contributed by atoms with Gasteiger partial charge in [-0.2, -0.15) is 17.2 Å². The molecule has 0 aliphatic carbocycles. The standard InChI is InChI=1S/C23H22F2O6S2/c1-29-17-18-30-22(26)23(24,25)33(27,28)31-32(19-11-5-2-6-12-19,20-13-7-3-8-14-20)21-15-9-4-10-16-21/h2-16H,17-18H2,1H3. The summed E-state index contributed by atoms with van der Waals surface area (Å²) in [6, 6.07) is 24.6. The Hall–Kier alpha value is -2.79. The monoisotopic (exact) mass is 496 g/mol. The van der Waals surface area contributed by atoms with Crippen LogP contribution in [0.4, 0.5) is 8.78 Å². The van der Waals surface area contributed by atoms with Crippen LogP contribution < -0.4 is 0 Å². The maximum absolute atomic E-state index is 14.9. The van der Waals surface area contributed by atoms with Crippen molar-refractivity contribution in [1.82, 2.24) is 0 Å². The topological polar surface area (TPSA) is 78.9 Å². The maximum atomic E-state index is 14.9. The van der Waals surface area contributed by atoms with Gasteiger partial charge in [0.15, 0.2) is 0 Å². The first kappa shape index (κ1) is 24.8. The Labute approximate surface area is 192 Å². The average Bonchev–Trinajstić information content (AvgIpc) is 2.84. The van der Waals surface area contributed by atoms with Crippen molar-refractivity contribution >= 4 is 26.4 Å². The molecule has 6 nitrogen and oxygen atoms in total. The third kappa shape index (κ3) is 5.09. The van der Waals surface area contributed by atoms with E-state index >= 15 is 0 Å². The molecule has 0 N–H and O–H groups in total. The minimum atomic E-state index is -5.81. The van der Waals surface area contributed by atoms with E-state index in [4.69, 9.17) is 3.63 Å². The van der Waals surface area contributed by atoms with Crippen LogP contribution in [0.2, 0.25) is 0 Å². The fourth-order valence-electron chi connectivity index (χ4n) is 2.94. The number of halogens is 2. The Bertz CT molecular complexity index is 1060. The van der Waals surface area contributed by atoms with Crippen molar-refractivity contribution in [2.75, 3.05) is 20.3 Å². The van der Waals surface area contributed by atoms with Gasteiger partial charge in [-0.15, -0.1) is 0 Å². The van der Waals surface area contributed by atoms with E-state index in [-0.39, 0.29) is 6.61 Å². The number of esters is 1. The molecule has 0 radical (unpaired) electrons. The van der Waals surface area contributed by atoms with Gasteiger partial charge >= 0.3 is 21.3 Å². The molecule has 0 spiro atoms. The summed E-state index contributed by atoms with van der Waals surface area (Å²) in [5.41, 5.74) is 0. The van der Waals surface area contributed by atoms with Crippen molar-refractivity contribution in [2.45, 2.75) is 19.9 Å². The van der Waals surface area contributed by atoms with Crippen molar-refractivity contribution < 1.29 is 35.1 Å². The van der Waals surface area contributed by atoms with Crippen molar-refractivity contribution in [2.24, 2.45) is 0 Å². The Kier molecular flexibility index (Phi) is 7.85. The molecule has 0 unspecified atom stereocenters. The minimum Gasteiger partial charge on any atom is -0.458 e. The molecule has 3 aromatic carbocycles. The summed E-state index contributed by atoms with van der Waals surface area (Å²) in [5, 5.41) is -4.95. The molecule has 0 heterocycles. The number of carbonyl (C=O) groups is 1. The molecule has 10 heteroatoms. The SMILES string of the molecule is COCCOC(=O)C(F)(F)S(=O)(=O)OS(c1ccccc1)(c1ccccc1)c1ccccc1. The lowest BCUT2D eigenvalue weighted by molar-refractivity contribution is -0.162. The van der Waals surface area contributed by atoms with Gasteiger partial charge in [-0.1, -0.05) is 54.6 Å². The smallest absolute Gasteiger partial charge is 0.458 e. The van der Waals surface area contributed by atoms with E-state index in [0.717, 1.165) is 0 Å². The maximum Gasteiger partial charge on any atom is 0.466 e. The first-order valence-corrected chi connectivity index (χ1v) is 12.7. The molecule has 0 bridgehead atoms. The van der Waals surface area contributed by atoms with Crippen LogP contribution in [0.15, 0.2) is 106 Å². The Morgan fingerprint density at radius 3 is 1.52 bits per heavy atom. The molecule has 0 aliphatic heterocycles. The number of hydrogen-bond acceptors (Lipinski definition) is 6. The highest BCUT2D eigenvalue weighted by Gasteiger charge is 2.58. The van der Waals surface area contributed by atoms with E-state index in [0.29, 0.717) is 14.7 Å². The lowest BCUT2D eigenvalue weighted by Gasteiger charge is -2.39. The normalized spacial score (nSPS) is 12.8. The second-order valence-corrected chi connectivity index (χ2v) is 11.2. The number of alkyl halides is 2. The zero-order valence-corrected chi connectivity index (χ0v) is 19.2. The molecular formula is C23H22F2O6S2. The predicted molar refractivity (Wildman–Crippen MR) is 120 cm³/mol. The Balaban J connectivity index is 2.19. The van der Waals surface area contributed by atoms with Crippen LogP contribution in [0.25, 0.3) is 0 Å². The number of methoxy groups -OCH3 is 1. The van der Waals surface area contributed by atoms with Crippen LogP contribution in [0.1, 0.15) is 0 Å². The summed E-state index contributed by atoms with van der Waals surface area (Å²) in [4.78, 5) is 13.1. The van der Waals surface area contributed by atoms with Crippen LogP contribution in [-0.4, -0.2) is 40.0 Å². The minimum absolute atomic E-state index is 0.171. The third-order valence-electron chi connectivity index (χ3n) is 4.49. The van der Waals surface area contributed by atoms with Gasteiger partial charge in [0.2, 0.25) is 0 Å². The van der Waals surface area contributed by atoms with E-state index in [2.05, 4.69) is 9.47 Å². The third-order valence-corrected chi connectivity index (χ3v) is 9.63. The zero-order chi connectivity index (χ0) is 24.0. The molecule has 0 fully saturated rings. The fraction of sp³-hybridized carbons (Fsp3) is 0.174. The van der Waals surface area contributed by atoms with Crippen molar-refractivity contribution in [1.29, 1.82) is 0 Å². The quantitative estimate of drug-likeness (QED) is 0.290. The van der Waals surface area contributed by atoms with E-state index in [9.17, 15) is 22.0 Å². The molecule has 0 saturated carbocycles. The Morgan fingerprint density at radius 1 is 0.758 bits per heavy atom. The second kappa shape index (κ2) is 10.4. The van der Waals surface area contributed by atoms with Gasteiger partial charge in [0.25, 0.3) is 0 Å².